The van der Waals surface area contributed by atoms with Crippen LogP contribution in [0.15, 0.2) is 79.0 Å². The maximum atomic E-state index is 4.79. The van der Waals surface area contributed by atoms with Gasteiger partial charge in [-0.05, 0) is 65.3 Å². The van der Waals surface area contributed by atoms with Gasteiger partial charge in [0.15, 0.2) is 0 Å². The summed E-state index contributed by atoms with van der Waals surface area (Å²) < 4.78 is 2.66. The first-order chi connectivity index (χ1) is 14.9. The minimum absolute atomic E-state index is 0.251. The van der Waals surface area contributed by atoms with Crippen molar-refractivity contribution in [1.29, 1.82) is 0 Å². The van der Waals surface area contributed by atoms with Crippen molar-refractivity contribution in [1.82, 2.24) is 4.98 Å². The second kappa shape index (κ2) is 7.62. The molecule has 0 radical (unpaired) electrons. The molecule has 5 rings (SSSR count). The van der Waals surface area contributed by atoms with Crippen LogP contribution in [0.25, 0.3) is 42.6 Å². The predicted molar refractivity (Wildman–Crippen MR) is 136 cm³/mol. The quantitative estimate of drug-likeness (QED) is 0.284. The molecule has 2 aromatic heterocycles. The molecule has 0 saturated heterocycles. The maximum absolute atomic E-state index is 4.79. The van der Waals surface area contributed by atoms with E-state index in [-0.39, 0.29) is 5.41 Å². The molecule has 0 aliphatic rings. The number of aromatic nitrogens is 1. The fraction of sp³-hybridized carbons (Fsp3) is 0.207. The van der Waals surface area contributed by atoms with Gasteiger partial charge in [-0.15, -0.1) is 11.3 Å². The molecule has 31 heavy (non-hydrogen) atoms. The third kappa shape index (κ3) is 3.88. The molecule has 0 aliphatic heterocycles. The van der Waals surface area contributed by atoms with Crippen LogP contribution in [0.1, 0.15) is 31.9 Å². The van der Waals surface area contributed by atoms with Gasteiger partial charge in [-0.2, -0.15) is 0 Å². The van der Waals surface area contributed by atoms with E-state index in [1.165, 1.54) is 48.0 Å². The van der Waals surface area contributed by atoms with Crippen LogP contribution in [-0.2, 0) is 6.42 Å². The first kappa shape index (κ1) is 20.0. The van der Waals surface area contributed by atoms with E-state index in [0.717, 1.165) is 12.1 Å². The highest BCUT2D eigenvalue weighted by molar-refractivity contribution is 7.25. The molecule has 0 bridgehead atoms. The van der Waals surface area contributed by atoms with E-state index in [4.69, 9.17) is 4.98 Å². The van der Waals surface area contributed by atoms with Crippen molar-refractivity contribution >= 4 is 31.5 Å². The maximum Gasteiger partial charge on any atom is 0.0705 e. The van der Waals surface area contributed by atoms with Gasteiger partial charge in [0.2, 0.25) is 0 Å². The Bertz CT molecular complexity index is 1390. The summed E-state index contributed by atoms with van der Waals surface area (Å²) in [6.45, 7) is 9.04. The van der Waals surface area contributed by atoms with E-state index in [0.29, 0.717) is 0 Å². The molecule has 154 valence electrons. The highest BCUT2D eigenvalue weighted by atomic mass is 32.1. The molecular formula is C29H27NS. The minimum Gasteiger partial charge on any atom is -0.256 e. The van der Waals surface area contributed by atoms with Crippen LogP contribution < -0.4 is 0 Å². The van der Waals surface area contributed by atoms with Crippen LogP contribution in [0.4, 0.5) is 0 Å². The minimum atomic E-state index is 0.251. The summed E-state index contributed by atoms with van der Waals surface area (Å²) in [4.78, 5) is 4.79. The molecule has 5 aromatic rings. The van der Waals surface area contributed by atoms with E-state index in [2.05, 4.69) is 100 Å². The van der Waals surface area contributed by atoms with E-state index in [1.54, 1.807) is 0 Å². The topological polar surface area (TPSA) is 12.9 Å². The molecule has 2 heteroatoms. The van der Waals surface area contributed by atoms with Crippen molar-refractivity contribution in [2.75, 3.05) is 0 Å². The van der Waals surface area contributed by atoms with E-state index >= 15 is 0 Å². The fourth-order valence-electron chi connectivity index (χ4n) is 4.33. The lowest BCUT2D eigenvalue weighted by Gasteiger charge is -2.20. The molecule has 2 heterocycles. The summed E-state index contributed by atoms with van der Waals surface area (Å²) in [5.41, 5.74) is 7.71. The Morgan fingerprint density at radius 3 is 2.39 bits per heavy atom. The Labute approximate surface area is 188 Å². The molecule has 0 fully saturated rings. The highest BCUT2D eigenvalue weighted by Crippen LogP contribution is 2.41. The number of pyridine rings is 1. The Hall–Kier alpha value is -2.97. The standard InChI is InChI=1S/C29H27NS/c1-19-18-30-25(16-22(19)17-29(2,3)4)21-13-14-26-24(15-21)28-23(11-8-12-27(28)31-26)20-9-6-5-7-10-20/h5-16,18H,17H2,1-4H3. The van der Waals surface area contributed by atoms with Crippen LogP contribution in [0.2, 0.25) is 0 Å². The fourth-order valence-corrected chi connectivity index (χ4v) is 5.44. The van der Waals surface area contributed by atoms with Gasteiger partial charge >= 0.3 is 0 Å². The zero-order valence-electron chi connectivity index (χ0n) is 18.6. The molecule has 3 aromatic carbocycles. The lowest BCUT2D eigenvalue weighted by Crippen LogP contribution is -2.10. The molecule has 0 unspecified atom stereocenters. The third-order valence-corrected chi connectivity index (χ3v) is 6.95. The van der Waals surface area contributed by atoms with Crippen molar-refractivity contribution < 1.29 is 0 Å². The zero-order valence-corrected chi connectivity index (χ0v) is 19.4. The molecule has 0 aliphatic carbocycles. The molecule has 0 atom stereocenters. The third-order valence-electron chi connectivity index (χ3n) is 5.81. The van der Waals surface area contributed by atoms with Gasteiger partial charge in [0.05, 0.1) is 5.69 Å². The predicted octanol–water partition coefficient (Wildman–Crippen LogP) is 8.68. The Balaban J connectivity index is 1.69. The number of thiophene rings is 1. The number of aryl methyl sites for hydroxylation is 1. The normalized spacial score (nSPS) is 12.0. The van der Waals surface area contributed by atoms with Crippen LogP contribution in [0, 0.1) is 12.3 Å². The molecule has 0 N–H and O–H groups in total. The van der Waals surface area contributed by atoms with Crippen LogP contribution in [0.5, 0.6) is 0 Å². The van der Waals surface area contributed by atoms with Crippen molar-refractivity contribution in [3.05, 3.63) is 90.1 Å². The van der Waals surface area contributed by atoms with Gasteiger partial charge in [0.25, 0.3) is 0 Å². The summed E-state index contributed by atoms with van der Waals surface area (Å²) >= 11 is 1.87. The van der Waals surface area contributed by atoms with Crippen LogP contribution in [0.3, 0.4) is 0 Å². The number of rotatable bonds is 3. The van der Waals surface area contributed by atoms with Gasteiger partial charge in [0.1, 0.15) is 0 Å². The van der Waals surface area contributed by atoms with Crippen LogP contribution in [-0.4, -0.2) is 4.98 Å². The molecular weight excluding hydrogens is 394 g/mol. The Morgan fingerprint density at radius 2 is 1.61 bits per heavy atom. The van der Waals surface area contributed by atoms with E-state index < -0.39 is 0 Å². The molecule has 1 nitrogen and oxygen atoms in total. The summed E-state index contributed by atoms with van der Waals surface area (Å²) in [6.07, 6.45) is 3.08. The van der Waals surface area contributed by atoms with E-state index in [9.17, 15) is 0 Å². The number of nitrogens with zero attached hydrogens (tertiary/aromatic N) is 1. The van der Waals surface area contributed by atoms with Crippen molar-refractivity contribution in [3.8, 4) is 22.4 Å². The largest absolute Gasteiger partial charge is 0.256 e. The summed E-state index contributed by atoms with van der Waals surface area (Å²) in [7, 11) is 0. The summed E-state index contributed by atoms with van der Waals surface area (Å²) in [6, 6.07) is 26.4. The SMILES string of the molecule is Cc1cnc(-c2ccc3sc4cccc(-c5ccccc5)c4c3c2)cc1CC(C)(C)C. The van der Waals surface area contributed by atoms with Gasteiger partial charge < -0.3 is 0 Å². The number of fused-ring (bicyclic) bond motifs is 3. The van der Waals surface area contributed by atoms with Crippen molar-refractivity contribution in [2.24, 2.45) is 5.41 Å². The second-order valence-electron chi connectivity index (χ2n) is 9.59. The number of hydrogen-bond acceptors (Lipinski definition) is 2. The average molecular weight is 422 g/mol. The average Bonchev–Trinajstić information content (AvgIpc) is 3.13. The van der Waals surface area contributed by atoms with Gasteiger partial charge in [-0.1, -0.05) is 69.3 Å². The number of benzene rings is 3. The van der Waals surface area contributed by atoms with Crippen LogP contribution >= 0.6 is 11.3 Å². The monoisotopic (exact) mass is 421 g/mol. The summed E-state index contributed by atoms with van der Waals surface area (Å²) in [5, 5.41) is 2.66. The highest BCUT2D eigenvalue weighted by Gasteiger charge is 2.16. The number of hydrogen-bond donors (Lipinski definition) is 0. The lowest BCUT2D eigenvalue weighted by molar-refractivity contribution is 0.410. The molecule has 0 spiro atoms. The van der Waals surface area contributed by atoms with Gasteiger partial charge in [-0.25, -0.2) is 0 Å². The first-order valence-electron chi connectivity index (χ1n) is 10.9. The molecule has 0 amide bonds. The second-order valence-corrected chi connectivity index (χ2v) is 10.7. The smallest absolute Gasteiger partial charge is 0.0705 e. The molecule has 0 saturated carbocycles. The van der Waals surface area contributed by atoms with Crippen molar-refractivity contribution in [3.63, 3.8) is 0 Å². The Morgan fingerprint density at radius 1 is 0.806 bits per heavy atom. The first-order valence-corrected chi connectivity index (χ1v) is 11.7. The lowest BCUT2D eigenvalue weighted by atomic mass is 9.86. The van der Waals surface area contributed by atoms with E-state index in [1.807, 2.05) is 17.5 Å². The Kier molecular flexibility index (Phi) is 4.91. The van der Waals surface area contributed by atoms with Gasteiger partial charge in [0, 0.05) is 31.9 Å². The van der Waals surface area contributed by atoms with Gasteiger partial charge in [-0.3, -0.25) is 4.98 Å². The zero-order chi connectivity index (χ0) is 21.6. The summed E-state index contributed by atoms with van der Waals surface area (Å²) in [5.74, 6) is 0. The van der Waals surface area contributed by atoms with Crippen molar-refractivity contribution in [2.45, 2.75) is 34.1 Å².